The highest BCUT2D eigenvalue weighted by atomic mass is 16.5. The number of unbranched alkanes of at least 4 members (excludes halogenated alkanes) is 2. The van der Waals surface area contributed by atoms with Gasteiger partial charge >= 0.3 is 0 Å². The number of hydrogen-bond donors (Lipinski definition) is 0. The molecule has 1 heterocycles. The number of nitrogens with zero attached hydrogens (tertiary/aromatic N) is 1. The Bertz CT molecular complexity index is 418. The summed E-state index contributed by atoms with van der Waals surface area (Å²) in [6, 6.07) is 9.61. The summed E-state index contributed by atoms with van der Waals surface area (Å²) in [6.45, 7) is 3.40. The number of methoxy groups -OCH3 is 1. The fourth-order valence-electron chi connectivity index (χ4n) is 2.97. The van der Waals surface area contributed by atoms with E-state index in [1.54, 1.807) is 0 Å². The zero-order valence-corrected chi connectivity index (χ0v) is 13.1. The van der Waals surface area contributed by atoms with Gasteiger partial charge < -0.3 is 9.64 Å². The van der Waals surface area contributed by atoms with Gasteiger partial charge in [-0.05, 0) is 38.8 Å². The summed E-state index contributed by atoms with van der Waals surface area (Å²) in [5.74, 6) is 0.271. The Labute approximate surface area is 128 Å². The second-order valence-corrected chi connectivity index (χ2v) is 5.90. The zero-order valence-electron chi connectivity index (χ0n) is 13.1. The topological polar surface area (TPSA) is 29.5 Å². The molecule has 3 heteroatoms. The molecule has 0 bridgehead atoms. The minimum absolute atomic E-state index is 0.271. The third kappa shape index (κ3) is 5.60. The summed E-state index contributed by atoms with van der Waals surface area (Å²) in [5, 5.41) is 0. The monoisotopic (exact) mass is 289 g/mol. The zero-order chi connectivity index (χ0) is 14.9. The average Bonchev–Trinajstić information content (AvgIpc) is 2.55. The van der Waals surface area contributed by atoms with E-state index >= 15 is 0 Å². The Morgan fingerprint density at radius 3 is 2.81 bits per heavy atom. The van der Waals surface area contributed by atoms with Crippen LogP contribution < -0.4 is 0 Å². The van der Waals surface area contributed by atoms with E-state index in [1.807, 2.05) is 37.4 Å². The first-order valence-electron chi connectivity index (χ1n) is 8.13. The average molecular weight is 289 g/mol. The van der Waals surface area contributed by atoms with Crippen molar-refractivity contribution in [3.05, 3.63) is 35.9 Å². The van der Waals surface area contributed by atoms with E-state index in [1.165, 1.54) is 25.8 Å². The van der Waals surface area contributed by atoms with E-state index in [4.69, 9.17) is 4.74 Å². The van der Waals surface area contributed by atoms with Gasteiger partial charge in [0.2, 0.25) is 0 Å². The number of hydrogen-bond acceptors (Lipinski definition) is 3. The number of rotatable bonds is 8. The van der Waals surface area contributed by atoms with Crippen LogP contribution in [0.2, 0.25) is 0 Å². The molecule has 1 aromatic rings. The molecule has 0 aromatic heterocycles. The second-order valence-electron chi connectivity index (χ2n) is 5.90. The maximum Gasteiger partial charge on any atom is 0.162 e. The van der Waals surface area contributed by atoms with Gasteiger partial charge in [0.25, 0.3) is 0 Å². The van der Waals surface area contributed by atoms with Crippen LogP contribution in [0.3, 0.4) is 0 Å². The molecule has 1 aliphatic heterocycles. The predicted octanol–water partition coefficient (Wildman–Crippen LogP) is 3.54. The largest absolute Gasteiger partial charge is 0.380 e. The van der Waals surface area contributed by atoms with Gasteiger partial charge in [0.15, 0.2) is 5.78 Å². The van der Waals surface area contributed by atoms with Crippen LogP contribution in [0.4, 0.5) is 0 Å². The number of benzene rings is 1. The molecule has 1 aromatic carbocycles. The SMILES string of the molecule is COC1CCCN(CCCCCC(=O)c2ccccc2)C1. The molecule has 1 fully saturated rings. The van der Waals surface area contributed by atoms with Crippen molar-refractivity contribution in [3.63, 3.8) is 0 Å². The Balaban J connectivity index is 1.57. The molecule has 0 amide bonds. The van der Waals surface area contributed by atoms with Crippen molar-refractivity contribution in [1.82, 2.24) is 4.90 Å². The van der Waals surface area contributed by atoms with Crippen molar-refractivity contribution >= 4 is 5.78 Å². The molecular formula is C18H27NO2. The molecule has 1 saturated heterocycles. The molecule has 1 aliphatic rings. The van der Waals surface area contributed by atoms with E-state index in [-0.39, 0.29) is 5.78 Å². The quantitative estimate of drug-likeness (QED) is 0.541. The van der Waals surface area contributed by atoms with E-state index in [9.17, 15) is 4.79 Å². The lowest BCUT2D eigenvalue weighted by Gasteiger charge is -2.31. The van der Waals surface area contributed by atoms with E-state index in [0.717, 1.165) is 31.5 Å². The van der Waals surface area contributed by atoms with Gasteiger partial charge in [-0.3, -0.25) is 4.79 Å². The fraction of sp³-hybridized carbons (Fsp3) is 0.611. The summed E-state index contributed by atoms with van der Waals surface area (Å²) in [5.41, 5.74) is 0.844. The van der Waals surface area contributed by atoms with Crippen LogP contribution in [-0.4, -0.2) is 43.5 Å². The van der Waals surface area contributed by atoms with Gasteiger partial charge in [-0.15, -0.1) is 0 Å². The third-order valence-corrected chi connectivity index (χ3v) is 4.27. The van der Waals surface area contributed by atoms with Crippen molar-refractivity contribution in [1.29, 1.82) is 0 Å². The van der Waals surface area contributed by atoms with Gasteiger partial charge in [0.05, 0.1) is 6.10 Å². The summed E-state index contributed by atoms with van der Waals surface area (Å²) in [4.78, 5) is 14.5. The van der Waals surface area contributed by atoms with E-state index in [0.29, 0.717) is 12.5 Å². The molecule has 21 heavy (non-hydrogen) atoms. The first-order chi connectivity index (χ1) is 10.3. The van der Waals surface area contributed by atoms with Crippen LogP contribution in [0.15, 0.2) is 30.3 Å². The van der Waals surface area contributed by atoms with Crippen molar-refractivity contribution in [3.8, 4) is 0 Å². The van der Waals surface area contributed by atoms with E-state index in [2.05, 4.69) is 4.90 Å². The summed E-state index contributed by atoms with van der Waals surface area (Å²) < 4.78 is 5.44. The molecule has 2 rings (SSSR count). The van der Waals surface area contributed by atoms with E-state index < -0.39 is 0 Å². The molecule has 0 saturated carbocycles. The maximum atomic E-state index is 12.0. The van der Waals surface area contributed by atoms with Gasteiger partial charge in [-0.1, -0.05) is 36.8 Å². The maximum absolute atomic E-state index is 12.0. The number of piperidine rings is 1. The second kappa shape index (κ2) is 8.96. The Morgan fingerprint density at radius 2 is 2.05 bits per heavy atom. The fourth-order valence-corrected chi connectivity index (χ4v) is 2.97. The minimum atomic E-state index is 0.271. The Hall–Kier alpha value is -1.19. The third-order valence-electron chi connectivity index (χ3n) is 4.27. The van der Waals surface area contributed by atoms with Gasteiger partial charge in [-0.25, -0.2) is 0 Å². The standard InChI is InChI=1S/C18H27NO2/c1-21-17-11-8-14-19(15-17)13-7-3-6-12-18(20)16-9-4-2-5-10-16/h2,4-5,9-10,17H,3,6-8,11-15H2,1H3. The predicted molar refractivity (Wildman–Crippen MR) is 85.7 cm³/mol. The van der Waals surface area contributed by atoms with Gasteiger partial charge in [-0.2, -0.15) is 0 Å². The van der Waals surface area contributed by atoms with Crippen LogP contribution in [0.5, 0.6) is 0 Å². The molecule has 0 aliphatic carbocycles. The van der Waals surface area contributed by atoms with Gasteiger partial charge in [0.1, 0.15) is 0 Å². The Morgan fingerprint density at radius 1 is 1.24 bits per heavy atom. The molecule has 0 spiro atoms. The van der Waals surface area contributed by atoms with Crippen molar-refractivity contribution in [2.24, 2.45) is 0 Å². The van der Waals surface area contributed by atoms with Crippen LogP contribution in [0.1, 0.15) is 48.9 Å². The lowest BCUT2D eigenvalue weighted by molar-refractivity contribution is 0.0309. The summed E-state index contributed by atoms with van der Waals surface area (Å²) in [6.07, 6.45) is 6.83. The van der Waals surface area contributed by atoms with Crippen LogP contribution in [-0.2, 0) is 4.74 Å². The molecule has 1 atom stereocenters. The summed E-state index contributed by atoms with van der Waals surface area (Å²) in [7, 11) is 1.81. The number of Topliss-reactive ketones (excluding diaryl/α,β-unsaturated/α-hetero) is 1. The number of carbonyl (C=O) groups excluding carboxylic acids is 1. The van der Waals surface area contributed by atoms with Crippen LogP contribution in [0.25, 0.3) is 0 Å². The highest BCUT2D eigenvalue weighted by molar-refractivity contribution is 5.95. The van der Waals surface area contributed by atoms with Crippen LogP contribution in [0, 0.1) is 0 Å². The first kappa shape index (κ1) is 16.2. The smallest absolute Gasteiger partial charge is 0.162 e. The van der Waals surface area contributed by atoms with Crippen molar-refractivity contribution in [2.75, 3.05) is 26.7 Å². The molecule has 0 radical (unpaired) electrons. The number of likely N-dealkylation sites (tertiary alicyclic amines) is 1. The highest BCUT2D eigenvalue weighted by Gasteiger charge is 2.18. The first-order valence-corrected chi connectivity index (χ1v) is 8.13. The van der Waals surface area contributed by atoms with Crippen molar-refractivity contribution in [2.45, 2.75) is 44.6 Å². The number of ketones is 1. The number of carbonyl (C=O) groups is 1. The number of ether oxygens (including phenoxy) is 1. The molecule has 3 nitrogen and oxygen atoms in total. The molecular weight excluding hydrogens is 262 g/mol. The van der Waals surface area contributed by atoms with Crippen molar-refractivity contribution < 1.29 is 9.53 Å². The molecule has 1 unspecified atom stereocenters. The van der Waals surface area contributed by atoms with Crippen LogP contribution >= 0.6 is 0 Å². The van der Waals surface area contributed by atoms with Gasteiger partial charge in [0, 0.05) is 25.6 Å². The normalized spacial score (nSPS) is 19.6. The molecule has 0 N–H and O–H groups in total. The Kier molecular flexibility index (Phi) is 6.90. The highest BCUT2D eigenvalue weighted by Crippen LogP contribution is 2.14. The summed E-state index contributed by atoms with van der Waals surface area (Å²) >= 11 is 0. The minimum Gasteiger partial charge on any atom is -0.380 e. The lowest BCUT2D eigenvalue weighted by atomic mass is 10.0. The lowest BCUT2D eigenvalue weighted by Crippen LogP contribution is -2.39. The molecule has 116 valence electrons.